The summed E-state index contributed by atoms with van der Waals surface area (Å²) in [6.45, 7) is 0.0135. The van der Waals surface area contributed by atoms with E-state index in [1.165, 1.54) is 10.9 Å². The lowest BCUT2D eigenvalue weighted by Gasteiger charge is -2.10. The van der Waals surface area contributed by atoms with Gasteiger partial charge in [-0.1, -0.05) is 0 Å². The summed E-state index contributed by atoms with van der Waals surface area (Å²) >= 11 is 0. The van der Waals surface area contributed by atoms with E-state index in [4.69, 9.17) is 0 Å². The van der Waals surface area contributed by atoms with Gasteiger partial charge in [0.25, 0.3) is 0 Å². The summed E-state index contributed by atoms with van der Waals surface area (Å²) in [6.07, 6.45) is -3.30. The monoisotopic (exact) mass is 335 g/mol. The van der Waals surface area contributed by atoms with Gasteiger partial charge >= 0.3 is 6.36 Å². The Balaban J connectivity index is 2.08. The molecule has 0 saturated carbocycles. The molecule has 6 nitrogen and oxygen atoms in total. The highest BCUT2D eigenvalue weighted by molar-refractivity contribution is 7.89. The van der Waals surface area contributed by atoms with Gasteiger partial charge in [-0.2, -0.15) is 5.10 Å². The van der Waals surface area contributed by atoms with Crippen LogP contribution in [0, 0.1) is 0 Å². The number of ether oxygens (including phenoxy) is 1. The molecule has 0 radical (unpaired) electrons. The van der Waals surface area contributed by atoms with Crippen LogP contribution in [-0.2, 0) is 23.6 Å². The van der Waals surface area contributed by atoms with Gasteiger partial charge in [-0.25, -0.2) is 13.1 Å². The van der Waals surface area contributed by atoms with Crippen molar-refractivity contribution in [3.8, 4) is 5.75 Å². The molecule has 0 aliphatic carbocycles. The van der Waals surface area contributed by atoms with Gasteiger partial charge < -0.3 is 4.74 Å². The zero-order valence-corrected chi connectivity index (χ0v) is 12.1. The molecule has 0 saturated heterocycles. The van der Waals surface area contributed by atoms with Gasteiger partial charge in [0.1, 0.15) is 5.75 Å². The Hall–Kier alpha value is -2.07. The highest BCUT2D eigenvalue weighted by Gasteiger charge is 2.31. The number of nitrogens with zero attached hydrogens (tertiary/aromatic N) is 2. The third kappa shape index (κ3) is 4.21. The van der Waals surface area contributed by atoms with E-state index in [0.29, 0.717) is 5.69 Å². The second-order valence-electron chi connectivity index (χ2n) is 4.29. The van der Waals surface area contributed by atoms with E-state index in [1.807, 2.05) is 0 Å². The third-order valence-electron chi connectivity index (χ3n) is 2.73. The Morgan fingerprint density at radius 1 is 1.23 bits per heavy atom. The number of benzene rings is 1. The fourth-order valence-electron chi connectivity index (χ4n) is 1.65. The van der Waals surface area contributed by atoms with Crippen LogP contribution < -0.4 is 9.46 Å². The maximum absolute atomic E-state index is 12.0. The molecule has 0 bridgehead atoms. The van der Waals surface area contributed by atoms with Crippen molar-refractivity contribution in [2.75, 3.05) is 0 Å². The van der Waals surface area contributed by atoms with Crippen molar-refractivity contribution >= 4 is 10.0 Å². The maximum Gasteiger partial charge on any atom is 0.573 e. The number of aryl methyl sites for hydroxylation is 1. The molecular formula is C12H12F3N3O3S. The molecule has 120 valence electrons. The van der Waals surface area contributed by atoms with Gasteiger partial charge in [0, 0.05) is 13.2 Å². The van der Waals surface area contributed by atoms with Gasteiger partial charge in [-0.15, -0.1) is 13.2 Å². The Bertz CT molecular complexity index is 739. The second-order valence-corrected chi connectivity index (χ2v) is 6.06. The number of rotatable bonds is 5. The molecule has 0 aliphatic rings. The summed E-state index contributed by atoms with van der Waals surface area (Å²) in [6, 6.07) is 5.58. The SMILES string of the molecule is Cn1nccc1CNS(=O)(=O)c1ccc(OC(F)(F)F)cc1. The maximum atomic E-state index is 12.0. The van der Waals surface area contributed by atoms with Crippen molar-refractivity contribution < 1.29 is 26.3 Å². The van der Waals surface area contributed by atoms with Crippen LogP contribution in [0.2, 0.25) is 0 Å². The normalized spacial score (nSPS) is 12.4. The summed E-state index contributed by atoms with van der Waals surface area (Å²) in [7, 11) is -2.18. The molecule has 1 aromatic heterocycles. The Morgan fingerprint density at radius 3 is 2.36 bits per heavy atom. The topological polar surface area (TPSA) is 73.2 Å². The first-order valence-electron chi connectivity index (χ1n) is 6.00. The van der Waals surface area contributed by atoms with Crippen molar-refractivity contribution in [3.63, 3.8) is 0 Å². The second kappa shape index (κ2) is 5.97. The van der Waals surface area contributed by atoms with Crippen molar-refractivity contribution in [3.05, 3.63) is 42.2 Å². The van der Waals surface area contributed by atoms with Crippen molar-refractivity contribution in [1.29, 1.82) is 0 Å². The first-order valence-corrected chi connectivity index (χ1v) is 7.48. The number of hydrogen-bond acceptors (Lipinski definition) is 4. The van der Waals surface area contributed by atoms with Crippen LogP contribution in [-0.4, -0.2) is 24.6 Å². The number of aromatic nitrogens is 2. The zero-order valence-electron chi connectivity index (χ0n) is 11.3. The fraction of sp³-hybridized carbons (Fsp3) is 0.250. The van der Waals surface area contributed by atoms with Gasteiger partial charge in [0.15, 0.2) is 0 Å². The molecular weight excluding hydrogens is 323 g/mol. The average Bonchev–Trinajstić information content (AvgIpc) is 2.81. The minimum absolute atomic E-state index is 0.0135. The fourth-order valence-corrected chi connectivity index (χ4v) is 2.65. The van der Waals surface area contributed by atoms with Gasteiger partial charge in [-0.05, 0) is 30.3 Å². The Morgan fingerprint density at radius 2 is 1.86 bits per heavy atom. The van der Waals surface area contributed by atoms with Crippen molar-refractivity contribution in [2.24, 2.45) is 7.05 Å². The summed E-state index contributed by atoms with van der Waals surface area (Å²) in [4.78, 5) is -0.163. The molecule has 10 heteroatoms. The van der Waals surface area contributed by atoms with E-state index in [9.17, 15) is 21.6 Å². The smallest absolute Gasteiger partial charge is 0.406 e. The summed E-state index contributed by atoms with van der Waals surface area (Å²) < 4.78 is 67.7. The molecule has 0 aliphatic heterocycles. The van der Waals surface area contributed by atoms with Gasteiger partial charge in [-0.3, -0.25) is 4.68 Å². The summed E-state index contributed by atoms with van der Waals surface area (Å²) in [5.41, 5.74) is 0.639. The van der Waals surface area contributed by atoms with Crippen LogP contribution in [0.5, 0.6) is 5.75 Å². The van der Waals surface area contributed by atoms with Crippen molar-refractivity contribution in [2.45, 2.75) is 17.8 Å². The molecule has 1 aromatic carbocycles. The number of nitrogens with one attached hydrogen (secondary N) is 1. The molecule has 22 heavy (non-hydrogen) atoms. The predicted octanol–water partition coefficient (Wildman–Crippen LogP) is 1.80. The van der Waals surface area contributed by atoms with Gasteiger partial charge in [0.05, 0.1) is 17.1 Å². The summed E-state index contributed by atoms with van der Waals surface area (Å²) in [5.74, 6) is -0.488. The van der Waals surface area contributed by atoms with E-state index in [0.717, 1.165) is 24.3 Å². The van der Waals surface area contributed by atoms with Crippen LogP contribution in [0.1, 0.15) is 5.69 Å². The highest BCUT2D eigenvalue weighted by atomic mass is 32.2. The standard InChI is InChI=1S/C12H12F3N3O3S/c1-18-9(6-7-16-18)8-17-22(19,20)11-4-2-10(3-5-11)21-12(13,14)15/h2-7,17H,8H2,1H3. The molecule has 0 amide bonds. The summed E-state index contributed by atoms with van der Waals surface area (Å²) in [5, 5.41) is 3.89. The van der Waals surface area contributed by atoms with Crippen LogP contribution in [0.4, 0.5) is 13.2 Å². The van der Waals surface area contributed by atoms with E-state index >= 15 is 0 Å². The minimum atomic E-state index is -4.82. The van der Waals surface area contributed by atoms with E-state index in [1.54, 1.807) is 13.1 Å². The lowest BCUT2D eigenvalue weighted by Crippen LogP contribution is -2.24. The average molecular weight is 335 g/mol. The van der Waals surface area contributed by atoms with Gasteiger partial charge in [0.2, 0.25) is 10.0 Å². The molecule has 1 N–H and O–H groups in total. The molecule has 1 heterocycles. The largest absolute Gasteiger partial charge is 0.573 e. The van der Waals surface area contributed by atoms with E-state index < -0.39 is 22.1 Å². The quantitative estimate of drug-likeness (QED) is 0.904. The lowest BCUT2D eigenvalue weighted by molar-refractivity contribution is -0.274. The van der Waals surface area contributed by atoms with Crippen molar-refractivity contribution in [1.82, 2.24) is 14.5 Å². The first kappa shape index (κ1) is 16.3. The molecule has 2 aromatic rings. The molecule has 2 rings (SSSR count). The van der Waals surface area contributed by atoms with Crippen LogP contribution in [0.15, 0.2) is 41.4 Å². The van der Waals surface area contributed by atoms with E-state index in [-0.39, 0.29) is 11.4 Å². The Labute approximate surface area is 124 Å². The number of sulfonamides is 1. The van der Waals surface area contributed by atoms with Crippen LogP contribution >= 0.6 is 0 Å². The number of halogens is 3. The third-order valence-corrected chi connectivity index (χ3v) is 4.15. The van der Waals surface area contributed by atoms with E-state index in [2.05, 4.69) is 14.6 Å². The molecule has 0 atom stereocenters. The molecule has 0 spiro atoms. The number of hydrogen-bond donors (Lipinski definition) is 1. The van der Waals surface area contributed by atoms with Crippen LogP contribution in [0.3, 0.4) is 0 Å². The minimum Gasteiger partial charge on any atom is -0.406 e. The zero-order chi connectivity index (χ0) is 16.4. The molecule has 0 fully saturated rings. The highest BCUT2D eigenvalue weighted by Crippen LogP contribution is 2.23. The lowest BCUT2D eigenvalue weighted by atomic mass is 10.3. The predicted molar refractivity (Wildman–Crippen MR) is 70.4 cm³/mol. The number of alkyl halides is 3. The molecule has 0 unspecified atom stereocenters. The first-order chi connectivity index (χ1) is 10.2. The van der Waals surface area contributed by atoms with Crippen LogP contribution in [0.25, 0.3) is 0 Å². The Kier molecular flexibility index (Phi) is 4.42.